The van der Waals surface area contributed by atoms with Crippen molar-refractivity contribution in [3.8, 4) is 17.0 Å². The minimum Gasteiger partial charge on any atom is -0.497 e. The number of esters is 2. The first kappa shape index (κ1) is 19.5. The van der Waals surface area contributed by atoms with Gasteiger partial charge in [0.25, 0.3) is 0 Å². The molecule has 0 fully saturated rings. The highest BCUT2D eigenvalue weighted by Gasteiger charge is 2.16. The van der Waals surface area contributed by atoms with Crippen LogP contribution in [0.1, 0.15) is 18.9 Å². The van der Waals surface area contributed by atoms with E-state index in [1.54, 1.807) is 14.0 Å². The molecule has 1 N–H and O–H groups in total. The highest BCUT2D eigenvalue weighted by atomic mass is 16.6. The molecular formula is C22H23NO5. The van der Waals surface area contributed by atoms with Crippen molar-refractivity contribution in [1.29, 1.82) is 0 Å². The molecule has 2 aromatic carbocycles. The van der Waals surface area contributed by atoms with Gasteiger partial charge in [0.05, 0.1) is 13.7 Å². The number of carbonyl (C=O) groups is 2. The van der Waals surface area contributed by atoms with Crippen LogP contribution in [-0.4, -0.2) is 37.2 Å². The first-order chi connectivity index (χ1) is 13.6. The van der Waals surface area contributed by atoms with Gasteiger partial charge in [0.1, 0.15) is 5.75 Å². The van der Waals surface area contributed by atoms with Gasteiger partial charge in [0.15, 0.2) is 6.61 Å². The van der Waals surface area contributed by atoms with Crippen molar-refractivity contribution in [1.82, 2.24) is 4.98 Å². The number of methoxy groups -OCH3 is 1. The molecule has 0 bridgehead atoms. The van der Waals surface area contributed by atoms with Crippen molar-refractivity contribution < 1.29 is 23.8 Å². The molecule has 0 aliphatic carbocycles. The first-order valence-corrected chi connectivity index (χ1v) is 9.17. The number of hydrogen-bond donors (Lipinski definition) is 1. The largest absolute Gasteiger partial charge is 0.497 e. The van der Waals surface area contributed by atoms with E-state index in [-0.39, 0.29) is 19.6 Å². The zero-order valence-corrected chi connectivity index (χ0v) is 16.0. The minimum atomic E-state index is -0.540. The Bertz CT molecular complexity index is 959. The quantitative estimate of drug-likeness (QED) is 0.599. The van der Waals surface area contributed by atoms with E-state index >= 15 is 0 Å². The van der Waals surface area contributed by atoms with E-state index in [1.807, 2.05) is 48.5 Å². The third-order valence-corrected chi connectivity index (χ3v) is 4.43. The molecule has 28 heavy (non-hydrogen) atoms. The minimum absolute atomic E-state index is 0.171. The summed E-state index contributed by atoms with van der Waals surface area (Å²) in [6, 6.07) is 15.7. The SMILES string of the molecule is CCOC(=O)COC(=O)CCc1c(-c2ccc(OC)cc2)[nH]c2ccccc12. The lowest BCUT2D eigenvalue weighted by Crippen LogP contribution is -2.16. The van der Waals surface area contributed by atoms with Crippen LogP contribution >= 0.6 is 0 Å². The number of benzene rings is 2. The van der Waals surface area contributed by atoms with E-state index in [9.17, 15) is 9.59 Å². The highest BCUT2D eigenvalue weighted by molar-refractivity contribution is 5.91. The van der Waals surface area contributed by atoms with Gasteiger partial charge in [-0.1, -0.05) is 18.2 Å². The zero-order valence-electron chi connectivity index (χ0n) is 16.0. The van der Waals surface area contributed by atoms with Gasteiger partial charge in [0, 0.05) is 23.0 Å². The number of H-pyrrole nitrogens is 1. The number of hydrogen-bond acceptors (Lipinski definition) is 5. The van der Waals surface area contributed by atoms with E-state index < -0.39 is 11.9 Å². The van der Waals surface area contributed by atoms with Crippen molar-refractivity contribution >= 4 is 22.8 Å². The van der Waals surface area contributed by atoms with Crippen LogP contribution < -0.4 is 4.74 Å². The number of carbonyl (C=O) groups excluding carboxylic acids is 2. The number of aryl methyl sites for hydroxylation is 1. The van der Waals surface area contributed by atoms with E-state index in [1.165, 1.54) is 0 Å². The Morgan fingerprint density at radius 1 is 0.964 bits per heavy atom. The van der Waals surface area contributed by atoms with Crippen LogP contribution in [-0.2, 0) is 25.5 Å². The summed E-state index contributed by atoms with van der Waals surface area (Å²) in [6.45, 7) is 1.61. The summed E-state index contributed by atoms with van der Waals surface area (Å²) in [7, 11) is 1.63. The lowest BCUT2D eigenvalue weighted by atomic mass is 10.0. The van der Waals surface area contributed by atoms with Crippen molar-refractivity contribution in [3.05, 3.63) is 54.1 Å². The lowest BCUT2D eigenvalue weighted by molar-refractivity contribution is -0.158. The normalized spacial score (nSPS) is 10.6. The van der Waals surface area contributed by atoms with E-state index in [4.69, 9.17) is 14.2 Å². The molecule has 0 radical (unpaired) electrons. The summed E-state index contributed by atoms with van der Waals surface area (Å²) < 4.78 is 15.0. The van der Waals surface area contributed by atoms with E-state index in [0.717, 1.165) is 33.5 Å². The Labute approximate surface area is 163 Å². The van der Waals surface area contributed by atoms with Crippen LogP contribution in [0, 0.1) is 0 Å². The summed E-state index contributed by atoms with van der Waals surface area (Å²) in [5, 5.41) is 1.06. The molecule has 1 aromatic heterocycles. The van der Waals surface area contributed by atoms with Crippen molar-refractivity contribution in [2.75, 3.05) is 20.3 Å². The second-order valence-corrected chi connectivity index (χ2v) is 6.22. The second-order valence-electron chi connectivity index (χ2n) is 6.22. The van der Waals surface area contributed by atoms with Gasteiger partial charge in [-0.05, 0) is 54.8 Å². The molecule has 0 aliphatic rings. The molecular weight excluding hydrogens is 358 g/mol. The maximum atomic E-state index is 12.1. The van der Waals surface area contributed by atoms with Crippen LogP contribution in [0.2, 0.25) is 0 Å². The topological polar surface area (TPSA) is 77.6 Å². The molecule has 0 atom stereocenters. The number of fused-ring (bicyclic) bond motifs is 1. The van der Waals surface area contributed by atoms with Crippen LogP contribution in [0.3, 0.4) is 0 Å². The van der Waals surface area contributed by atoms with Crippen molar-refractivity contribution in [3.63, 3.8) is 0 Å². The van der Waals surface area contributed by atoms with Gasteiger partial charge < -0.3 is 19.2 Å². The maximum absolute atomic E-state index is 12.1. The second kappa shape index (κ2) is 9.08. The summed E-state index contributed by atoms with van der Waals surface area (Å²) in [5.74, 6) is -0.190. The van der Waals surface area contributed by atoms with Crippen molar-refractivity contribution in [2.24, 2.45) is 0 Å². The molecule has 0 saturated carbocycles. The maximum Gasteiger partial charge on any atom is 0.344 e. The standard InChI is InChI=1S/C22H23NO5/c1-3-27-21(25)14-28-20(24)13-12-18-17-6-4-5-7-19(17)23-22(18)15-8-10-16(26-2)11-9-15/h4-11,23H,3,12-14H2,1-2H3. The fourth-order valence-corrected chi connectivity index (χ4v) is 3.11. The Balaban J connectivity index is 1.79. The van der Waals surface area contributed by atoms with Crippen LogP contribution in [0.25, 0.3) is 22.2 Å². The molecule has 0 unspecified atom stereocenters. The van der Waals surface area contributed by atoms with Crippen LogP contribution in [0.4, 0.5) is 0 Å². The summed E-state index contributed by atoms with van der Waals surface area (Å²) in [6.07, 6.45) is 0.664. The monoisotopic (exact) mass is 381 g/mol. The first-order valence-electron chi connectivity index (χ1n) is 9.17. The Hall–Kier alpha value is -3.28. The molecule has 0 aliphatic heterocycles. The van der Waals surface area contributed by atoms with Gasteiger partial charge in [-0.3, -0.25) is 4.79 Å². The number of rotatable bonds is 8. The molecule has 3 rings (SSSR count). The molecule has 3 aromatic rings. The van der Waals surface area contributed by atoms with Gasteiger partial charge in [-0.25, -0.2) is 4.79 Å². The number of para-hydroxylation sites is 1. The van der Waals surface area contributed by atoms with Gasteiger partial charge in [-0.2, -0.15) is 0 Å². The molecule has 146 valence electrons. The highest BCUT2D eigenvalue weighted by Crippen LogP contribution is 2.32. The number of nitrogens with one attached hydrogen (secondary N) is 1. The molecule has 1 heterocycles. The van der Waals surface area contributed by atoms with Crippen LogP contribution in [0.15, 0.2) is 48.5 Å². The predicted molar refractivity (Wildman–Crippen MR) is 106 cm³/mol. The van der Waals surface area contributed by atoms with Crippen LogP contribution in [0.5, 0.6) is 5.75 Å². The Morgan fingerprint density at radius 3 is 2.43 bits per heavy atom. The fourth-order valence-electron chi connectivity index (χ4n) is 3.11. The number of ether oxygens (including phenoxy) is 3. The number of aromatic nitrogens is 1. The third-order valence-electron chi connectivity index (χ3n) is 4.43. The van der Waals surface area contributed by atoms with Gasteiger partial charge in [0.2, 0.25) is 0 Å². The van der Waals surface area contributed by atoms with Crippen molar-refractivity contribution in [2.45, 2.75) is 19.8 Å². The number of aromatic amines is 1. The van der Waals surface area contributed by atoms with E-state index in [0.29, 0.717) is 6.42 Å². The lowest BCUT2D eigenvalue weighted by Gasteiger charge is -2.07. The summed E-state index contributed by atoms with van der Waals surface area (Å²) >= 11 is 0. The average Bonchev–Trinajstić information content (AvgIpc) is 3.09. The molecule has 6 heteroatoms. The summed E-state index contributed by atoms with van der Waals surface area (Å²) in [5.41, 5.74) is 4.01. The van der Waals surface area contributed by atoms with Gasteiger partial charge in [-0.15, -0.1) is 0 Å². The fraction of sp³-hybridized carbons (Fsp3) is 0.273. The Morgan fingerprint density at radius 2 is 1.71 bits per heavy atom. The van der Waals surface area contributed by atoms with E-state index in [2.05, 4.69) is 4.98 Å². The Kier molecular flexibility index (Phi) is 6.32. The average molecular weight is 381 g/mol. The molecule has 0 spiro atoms. The summed E-state index contributed by atoms with van der Waals surface area (Å²) in [4.78, 5) is 26.8. The zero-order chi connectivity index (χ0) is 19.9. The molecule has 6 nitrogen and oxygen atoms in total. The smallest absolute Gasteiger partial charge is 0.344 e. The molecule has 0 saturated heterocycles. The molecule has 0 amide bonds. The van der Waals surface area contributed by atoms with Gasteiger partial charge >= 0.3 is 11.9 Å². The third kappa shape index (κ3) is 4.52. The predicted octanol–water partition coefficient (Wildman–Crippen LogP) is 3.88.